The van der Waals surface area contributed by atoms with Crippen molar-refractivity contribution in [3.8, 4) is 11.5 Å². The molecule has 1 N–H and O–H groups in total. The van der Waals surface area contributed by atoms with Gasteiger partial charge in [0.05, 0.1) is 31.1 Å². The van der Waals surface area contributed by atoms with Crippen molar-refractivity contribution in [3.63, 3.8) is 0 Å². The molecule has 0 bridgehead atoms. The zero-order chi connectivity index (χ0) is 23.1. The molecule has 1 heterocycles. The Balaban J connectivity index is 1.73. The zero-order valence-electron chi connectivity index (χ0n) is 18.0. The van der Waals surface area contributed by atoms with Crippen molar-refractivity contribution in [1.82, 2.24) is 4.90 Å². The summed E-state index contributed by atoms with van der Waals surface area (Å²) in [7, 11) is 1.37. The van der Waals surface area contributed by atoms with Crippen LogP contribution < -0.4 is 14.8 Å². The number of nitrogens with one attached hydrogen (secondary N) is 1. The minimum atomic E-state index is -0.644. The van der Waals surface area contributed by atoms with Gasteiger partial charge in [0.2, 0.25) is 5.91 Å². The second kappa shape index (κ2) is 10.9. The van der Waals surface area contributed by atoms with Crippen LogP contribution in [0.5, 0.6) is 11.5 Å². The van der Waals surface area contributed by atoms with Crippen molar-refractivity contribution in [3.05, 3.63) is 57.6 Å². The number of amides is 2. The zero-order valence-corrected chi connectivity index (χ0v) is 18.8. The Morgan fingerprint density at radius 2 is 1.84 bits per heavy atom. The van der Waals surface area contributed by atoms with Crippen LogP contribution in [0, 0.1) is 10.1 Å². The molecular formula is C22H25N3O6S. The van der Waals surface area contributed by atoms with E-state index in [4.69, 9.17) is 9.47 Å². The number of nitro benzene ring substituents is 1. The average Bonchev–Trinajstić information content (AvgIpc) is 2.80. The van der Waals surface area contributed by atoms with Gasteiger partial charge in [0.1, 0.15) is 5.56 Å². The van der Waals surface area contributed by atoms with E-state index >= 15 is 0 Å². The van der Waals surface area contributed by atoms with Gasteiger partial charge in [-0.2, -0.15) is 11.8 Å². The molecule has 170 valence electrons. The SMILES string of the molecule is CCOc1cc(C(=O)Nc2ccc(CC(=O)N3CCSCC3)cc2)c([N+](=O)[O-])cc1OC. The maximum atomic E-state index is 12.8. The van der Waals surface area contributed by atoms with Crippen LogP contribution in [0.2, 0.25) is 0 Å². The van der Waals surface area contributed by atoms with Gasteiger partial charge < -0.3 is 19.7 Å². The topological polar surface area (TPSA) is 111 Å². The van der Waals surface area contributed by atoms with E-state index in [-0.39, 0.29) is 28.7 Å². The minimum Gasteiger partial charge on any atom is -0.493 e. The van der Waals surface area contributed by atoms with Crippen LogP contribution in [0.3, 0.4) is 0 Å². The highest BCUT2D eigenvalue weighted by Gasteiger charge is 2.25. The molecule has 0 spiro atoms. The lowest BCUT2D eigenvalue weighted by atomic mass is 10.1. The van der Waals surface area contributed by atoms with Gasteiger partial charge in [0.25, 0.3) is 11.6 Å². The van der Waals surface area contributed by atoms with Crippen LogP contribution in [0.15, 0.2) is 36.4 Å². The van der Waals surface area contributed by atoms with Crippen LogP contribution in [0.25, 0.3) is 0 Å². The normalized spacial score (nSPS) is 13.4. The Bertz CT molecular complexity index is 990. The first-order valence-electron chi connectivity index (χ1n) is 10.2. The van der Waals surface area contributed by atoms with Crippen molar-refractivity contribution in [1.29, 1.82) is 0 Å². The van der Waals surface area contributed by atoms with Crippen molar-refractivity contribution in [2.45, 2.75) is 13.3 Å². The largest absolute Gasteiger partial charge is 0.493 e. The number of nitrogens with zero attached hydrogens (tertiary/aromatic N) is 2. The number of thioether (sulfide) groups is 1. The average molecular weight is 460 g/mol. The third kappa shape index (κ3) is 5.70. The van der Waals surface area contributed by atoms with E-state index in [1.54, 1.807) is 31.2 Å². The monoisotopic (exact) mass is 459 g/mol. The summed E-state index contributed by atoms with van der Waals surface area (Å²) in [5, 5.41) is 14.2. The molecule has 10 heteroatoms. The molecule has 1 aliphatic rings. The Labute approximate surface area is 190 Å². The molecule has 0 unspecified atom stereocenters. The van der Waals surface area contributed by atoms with E-state index in [1.165, 1.54) is 19.2 Å². The van der Waals surface area contributed by atoms with Crippen molar-refractivity contribution >= 4 is 35.0 Å². The summed E-state index contributed by atoms with van der Waals surface area (Å²) in [6.45, 7) is 3.60. The molecule has 32 heavy (non-hydrogen) atoms. The number of rotatable bonds is 8. The molecular weight excluding hydrogens is 434 g/mol. The number of anilines is 1. The van der Waals surface area contributed by atoms with Gasteiger partial charge in [0, 0.05) is 36.3 Å². The highest BCUT2D eigenvalue weighted by atomic mass is 32.2. The second-order valence-electron chi connectivity index (χ2n) is 7.03. The van der Waals surface area contributed by atoms with Gasteiger partial charge in [-0.1, -0.05) is 12.1 Å². The maximum absolute atomic E-state index is 12.8. The van der Waals surface area contributed by atoms with Gasteiger partial charge in [-0.25, -0.2) is 0 Å². The van der Waals surface area contributed by atoms with E-state index in [9.17, 15) is 19.7 Å². The van der Waals surface area contributed by atoms with Crippen LogP contribution in [-0.4, -0.2) is 59.9 Å². The molecule has 0 atom stereocenters. The molecule has 2 aromatic carbocycles. The van der Waals surface area contributed by atoms with E-state index in [0.29, 0.717) is 18.7 Å². The summed E-state index contributed by atoms with van der Waals surface area (Å²) in [6, 6.07) is 9.35. The third-order valence-electron chi connectivity index (χ3n) is 4.95. The summed E-state index contributed by atoms with van der Waals surface area (Å²) in [5.41, 5.74) is 0.773. The highest BCUT2D eigenvalue weighted by molar-refractivity contribution is 7.99. The summed E-state index contributed by atoms with van der Waals surface area (Å²) in [5.74, 6) is 1.78. The fourth-order valence-corrected chi connectivity index (χ4v) is 4.22. The number of ether oxygens (including phenoxy) is 2. The molecule has 2 amide bonds. The molecule has 0 aromatic heterocycles. The molecule has 1 aliphatic heterocycles. The third-order valence-corrected chi connectivity index (χ3v) is 5.90. The van der Waals surface area contributed by atoms with Gasteiger partial charge in [-0.15, -0.1) is 0 Å². The standard InChI is InChI=1S/C22H25N3O6S/c1-3-31-20-13-17(18(25(28)29)14-19(20)30-2)22(27)23-16-6-4-15(5-7-16)12-21(26)24-8-10-32-11-9-24/h4-7,13-14H,3,8-12H2,1-2H3,(H,23,27). The van der Waals surface area contributed by atoms with Gasteiger partial charge >= 0.3 is 0 Å². The van der Waals surface area contributed by atoms with Crippen molar-refractivity contribution in [2.75, 3.05) is 43.6 Å². The number of benzene rings is 2. The highest BCUT2D eigenvalue weighted by Crippen LogP contribution is 2.35. The minimum absolute atomic E-state index is 0.0828. The smallest absolute Gasteiger partial charge is 0.286 e. The van der Waals surface area contributed by atoms with Gasteiger partial charge in [-0.05, 0) is 24.6 Å². The van der Waals surface area contributed by atoms with Gasteiger partial charge in [0.15, 0.2) is 11.5 Å². The summed E-state index contributed by atoms with van der Waals surface area (Å²) in [6.07, 6.45) is 0.292. The second-order valence-corrected chi connectivity index (χ2v) is 8.26. The maximum Gasteiger partial charge on any atom is 0.286 e. The van der Waals surface area contributed by atoms with Crippen molar-refractivity contribution in [2.24, 2.45) is 0 Å². The van der Waals surface area contributed by atoms with Gasteiger partial charge in [-0.3, -0.25) is 19.7 Å². The molecule has 1 fully saturated rings. The molecule has 0 aliphatic carbocycles. The lowest BCUT2D eigenvalue weighted by molar-refractivity contribution is -0.385. The number of carbonyl (C=O) groups is 2. The Morgan fingerprint density at radius 3 is 2.44 bits per heavy atom. The molecule has 3 rings (SSSR count). The summed E-state index contributed by atoms with van der Waals surface area (Å²) >= 11 is 1.85. The molecule has 0 radical (unpaired) electrons. The number of methoxy groups -OCH3 is 1. The quantitative estimate of drug-likeness (QED) is 0.476. The van der Waals surface area contributed by atoms with Crippen LogP contribution in [0.4, 0.5) is 11.4 Å². The molecule has 9 nitrogen and oxygen atoms in total. The van der Waals surface area contributed by atoms with E-state index < -0.39 is 10.8 Å². The first-order valence-corrected chi connectivity index (χ1v) is 11.3. The fourth-order valence-electron chi connectivity index (χ4n) is 3.31. The lowest BCUT2D eigenvalue weighted by Gasteiger charge is -2.26. The first kappa shape index (κ1) is 23.4. The predicted octanol–water partition coefficient (Wildman–Crippen LogP) is 3.37. The van der Waals surface area contributed by atoms with E-state index in [2.05, 4.69) is 5.32 Å². The summed E-state index contributed by atoms with van der Waals surface area (Å²) in [4.78, 5) is 37.9. The Kier molecular flexibility index (Phi) is 7.93. The van der Waals surface area contributed by atoms with Crippen LogP contribution in [-0.2, 0) is 11.2 Å². The van der Waals surface area contributed by atoms with Crippen LogP contribution in [0.1, 0.15) is 22.8 Å². The fraction of sp³-hybridized carbons (Fsp3) is 0.364. The number of nitro groups is 1. The molecule has 2 aromatic rings. The van der Waals surface area contributed by atoms with Crippen LogP contribution >= 0.6 is 11.8 Å². The summed E-state index contributed by atoms with van der Waals surface area (Å²) < 4.78 is 10.6. The number of hydrogen-bond donors (Lipinski definition) is 1. The number of hydrogen-bond acceptors (Lipinski definition) is 7. The number of carbonyl (C=O) groups excluding carboxylic acids is 2. The Hall–Kier alpha value is -3.27. The molecule has 1 saturated heterocycles. The van der Waals surface area contributed by atoms with Crippen molar-refractivity contribution < 1.29 is 24.0 Å². The van der Waals surface area contributed by atoms with E-state index in [0.717, 1.165) is 30.2 Å². The lowest BCUT2D eigenvalue weighted by Crippen LogP contribution is -2.38. The Morgan fingerprint density at radius 1 is 1.16 bits per heavy atom. The predicted molar refractivity (Wildman–Crippen MR) is 123 cm³/mol. The first-order chi connectivity index (χ1) is 15.4. The van der Waals surface area contributed by atoms with E-state index in [1.807, 2.05) is 16.7 Å². The molecule has 0 saturated carbocycles.